The molecule has 0 aliphatic carbocycles. The van der Waals surface area contributed by atoms with E-state index in [1.54, 1.807) is 6.04 Å². The van der Waals surface area contributed by atoms with Crippen LogP contribution < -0.4 is 0 Å². The van der Waals surface area contributed by atoms with Crippen molar-refractivity contribution in [3.05, 3.63) is 6.92 Å². The van der Waals surface area contributed by atoms with Gasteiger partial charge in [-0.1, -0.05) is 116 Å². The third-order valence-electron chi connectivity index (χ3n) is 5.21. The molecule has 19 heavy (non-hydrogen) atoms. The first-order chi connectivity index (χ1) is 9.24. The second-order valence-electron chi connectivity index (χ2n) is 6.35. The second kappa shape index (κ2) is 13.2. The average Bonchev–Trinajstić information content (AvgIpc) is 2.46. The van der Waals surface area contributed by atoms with Crippen molar-refractivity contribution in [3.63, 3.8) is 0 Å². The minimum atomic E-state index is -0.814. The highest BCUT2D eigenvalue weighted by Gasteiger charge is 2.25. The van der Waals surface area contributed by atoms with Crippen molar-refractivity contribution in [2.24, 2.45) is 0 Å². The van der Waals surface area contributed by atoms with Gasteiger partial charge in [-0.25, -0.2) is 0 Å². The summed E-state index contributed by atoms with van der Waals surface area (Å²) in [6, 6.07) is 6.12. The fourth-order valence-electron chi connectivity index (χ4n) is 3.19. The molecular weight excluding hydrogens is 244 g/mol. The first-order valence-electron chi connectivity index (χ1n) is 9.04. The molecule has 0 amide bonds. The monoisotopic (exact) mass is 283 g/mol. The molecule has 1 heteroatoms. The van der Waals surface area contributed by atoms with Crippen LogP contribution in [0.1, 0.15) is 85.0 Å². The lowest BCUT2D eigenvalue weighted by molar-refractivity contribution is 0.565. The largest absolute Gasteiger partial charge is 0.0678 e. The molecule has 0 aliphatic rings. The van der Waals surface area contributed by atoms with Gasteiger partial charge in [-0.05, 0) is 0 Å². The normalized spacial score (nSPS) is 12.0. The van der Waals surface area contributed by atoms with Crippen molar-refractivity contribution in [2.75, 3.05) is 0 Å². The summed E-state index contributed by atoms with van der Waals surface area (Å²) in [6.45, 7) is 11.2. The molecule has 0 unspecified atom stereocenters. The molecule has 0 aromatic rings. The molecule has 0 heterocycles. The summed E-state index contributed by atoms with van der Waals surface area (Å²) >= 11 is 0. The molecule has 115 valence electrons. The van der Waals surface area contributed by atoms with Gasteiger partial charge in [0.15, 0.2) is 0 Å². The quantitative estimate of drug-likeness (QED) is 0.233. The van der Waals surface area contributed by atoms with Gasteiger partial charge in [0, 0.05) is 0 Å². The van der Waals surface area contributed by atoms with Gasteiger partial charge in [0.25, 0.3) is 0 Å². The van der Waals surface area contributed by atoms with E-state index in [-0.39, 0.29) is 0 Å². The van der Waals surface area contributed by atoms with Crippen molar-refractivity contribution in [3.8, 4) is 0 Å². The zero-order valence-electron chi connectivity index (χ0n) is 14.1. The Morgan fingerprint density at radius 2 is 0.947 bits per heavy atom. The Hall–Kier alpha value is 0.217. The van der Waals surface area contributed by atoms with E-state index in [1.807, 2.05) is 0 Å². The van der Waals surface area contributed by atoms with E-state index in [1.165, 1.54) is 75.9 Å². The number of hydrogen-bond acceptors (Lipinski definition) is 0. The maximum Gasteiger partial charge on any atom is 0.0527 e. The first-order valence-corrected chi connectivity index (χ1v) is 11.9. The number of hydrogen-bond donors (Lipinski definition) is 0. The fourth-order valence-corrected chi connectivity index (χ4v) is 6.76. The number of rotatable bonds is 14. The molecule has 0 saturated heterocycles. The van der Waals surface area contributed by atoms with Gasteiger partial charge < -0.3 is 0 Å². The van der Waals surface area contributed by atoms with Crippen molar-refractivity contribution in [2.45, 2.75) is 109 Å². The summed E-state index contributed by atoms with van der Waals surface area (Å²) in [5.41, 5.74) is 0. The van der Waals surface area contributed by atoms with Crippen LogP contribution in [0.25, 0.3) is 0 Å². The van der Waals surface area contributed by atoms with E-state index in [2.05, 4.69) is 27.7 Å². The molecule has 0 atom stereocenters. The Bertz CT molecular complexity index is 164. The Labute approximate surface area is 124 Å². The maximum absolute atomic E-state index is 3.90. The molecule has 0 aromatic carbocycles. The molecule has 0 saturated carbocycles. The van der Waals surface area contributed by atoms with Crippen LogP contribution in [0.4, 0.5) is 0 Å². The van der Waals surface area contributed by atoms with Crippen LogP contribution in [0.15, 0.2) is 0 Å². The summed E-state index contributed by atoms with van der Waals surface area (Å²) in [5.74, 6) is 0. The highest BCUT2D eigenvalue weighted by Crippen LogP contribution is 2.27. The van der Waals surface area contributed by atoms with Crippen LogP contribution in [-0.4, -0.2) is 8.07 Å². The Morgan fingerprint density at radius 3 is 1.32 bits per heavy atom. The van der Waals surface area contributed by atoms with Gasteiger partial charge in [0.1, 0.15) is 0 Å². The molecule has 0 rings (SSSR count). The molecule has 1 radical (unpaired) electrons. The fraction of sp³-hybridized carbons (Fsp3) is 0.944. The van der Waals surface area contributed by atoms with Gasteiger partial charge in [0.05, 0.1) is 8.07 Å². The van der Waals surface area contributed by atoms with Crippen molar-refractivity contribution in [1.82, 2.24) is 0 Å². The average molecular weight is 284 g/mol. The molecular formula is C18H39Si. The SMILES string of the molecule is [CH2]CCCCCCCCCCC[Si](CC)(CC)CC. The van der Waals surface area contributed by atoms with E-state index < -0.39 is 8.07 Å². The smallest absolute Gasteiger partial charge is 0.0527 e. The van der Waals surface area contributed by atoms with Crippen LogP contribution in [0.2, 0.25) is 24.2 Å². The van der Waals surface area contributed by atoms with E-state index in [0.29, 0.717) is 0 Å². The van der Waals surface area contributed by atoms with E-state index in [9.17, 15) is 0 Å². The predicted molar refractivity (Wildman–Crippen MR) is 93.5 cm³/mol. The summed E-state index contributed by atoms with van der Waals surface area (Å²) in [4.78, 5) is 0. The lowest BCUT2D eigenvalue weighted by Crippen LogP contribution is -2.30. The summed E-state index contributed by atoms with van der Waals surface area (Å²) in [7, 11) is -0.814. The standard InChI is InChI=1S/C18H39Si/c1-5-9-10-11-12-13-14-15-16-17-18-19(6-2,7-3)8-4/h1,5-18H2,2-4H3. The third kappa shape index (κ3) is 9.71. The molecule has 0 spiro atoms. The van der Waals surface area contributed by atoms with Crippen LogP contribution in [0.5, 0.6) is 0 Å². The van der Waals surface area contributed by atoms with E-state index in [4.69, 9.17) is 0 Å². The topological polar surface area (TPSA) is 0 Å². The molecule has 0 N–H and O–H groups in total. The summed E-state index contributed by atoms with van der Waals surface area (Å²) in [6.07, 6.45) is 14.2. The van der Waals surface area contributed by atoms with Gasteiger partial charge in [0.2, 0.25) is 0 Å². The zero-order valence-corrected chi connectivity index (χ0v) is 15.1. The van der Waals surface area contributed by atoms with Gasteiger partial charge in [-0.3, -0.25) is 0 Å². The van der Waals surface area contributed by atoms with Crippen LogP contribution in [0, 0.1) is 6.92 Å². The molecule has 0 nitrogen and oxygen atoms in total. The van der Waals surface area contributed by atoms with Gasteiger partial charge >= 0.3 is 0 Å². The Morgan fingerprint density at radius 1 is 0.579 bits per heavy atom. The zero-order chi connectivity index (χ0) is 14.4. The van der Waals surface area contributed by atoms with Gasteiger partial charge in [-0.15, -0.1) is 0 Å². The molecule has 0 bridgehead atoms. The van der Waals surface area contributed by atoms with Crippen molar-refractivity contribution >= 4 is 8.07 Å². The highest BCUT2D eigenvalue weighted by atomic mass is 28.3. The van der Waals surface area contributed by atoms with Crippen LogP contribution >= 0.6 is 0 Å². The summed E-state index contributed by atoms with van der Waals surface area (Å²) < 4.78 is 0. The van der Waals surface area contributed by atoms with E-state index >= 15 is 0 Å². The minimum Gasteiger partial charge on any atom is -0.0678 e. The molecule has 0 aliphatic heterocycles. The number of unbranched alkanes of at least 4 members (excludes halogenated alkanes) is 9. The van der Waals surface area contributed by atoms with Crippen LogP contribution in [-0.2, 0) is 0 Å². The Kier molecular flexibility index (Phi) is 13.4. The third-order valence-corrected chi connectivity index (χ3v) is 11.1. The second-order valence-corrected chi connectivity index (χ2v) is 12.0. The lowest BCUT2D eigenvalue weighted by atomic mass is 10.1. The minimum absolute atomic E-state index is 0.814. The lowest BCUT2D eigenvalue weighted by Gasteiger charge is -2.28. The Balaban J connectivity index is 3.35. The van der Waals surface area contributed by atoms with Gasteiger partial charge in [-0.2, -0.15) is 0 Å². The van der Waals surface area contributed by atoms with Crippen LogP contribution in [0.3, 0.4) is 0 Å². The summed E-state index contributed by atoms with van der Waals surface area (Å²) in [5, 5.41) is 0. The predicted octanol–water partition coefficient (Wildman–Crippen LogP) is 7.23. The maximum atomic E-state index is 3.90. The van der Waals surface area contributed by atoms with Crippen molar-refractivity contribution in [1.29, 1.82) is 0 Å². The highest BCUT2D eigenvalue weighted by molar-refractivity contribution is 6.79. The molecule has 0 aromatic heterocycles. The van der Waals surface area contributed by atoms with Crippen molar-refractivity contribution < 1.29 is 0 Å². The first kappa shape index (κ1) is 19.2. The van der Waals surface area contributed by atoms with E-state index in [0.717, 1.165) is 6.42 Å². The molecule has 0 fully saturated rings.